The highest BCUT2D eigenvalue weighted by molar-refractivity contribution is 6.35. The normalized spacial score (nSPS) is 10.6. The molecule has 0 aliphatic heterocycles. The zero-order valence-corrected chi connectivity index (χ0v) is 11.9. The van der Waals surface area contributed by atoms with E-state index in [9.17, 15) is 9.18 Å². The van der Waals surface area contributed by atoms with Gasteiger partial charge in [0.2, 0.25) is 0 Å². The summed E-state index contributed by atoms with van der Waals surface area (Å²) >= 11 is 11.9. The Balaban J connectivity index is 2.49. The molecule has 0 bridgehead atoms. The van der Waals surface area contributed by atoms with Crippen LogP contribution < -0.4 is 0 Å². The Bertz CT molecular complexity index is 665. The van der Waals surface area contributed by atoms with Crippen LogP contribution in [0, 0.1) is 19.7 Å². The lowest BCUT2D eigenvalue weighted by Crippen LogP contribution is -2.04. The fraction of sp³-hybridized carbons (Fsp3) is 0.133. The topological polar surface area (TPSA) is 17.1 Å². The number of ketones is 1. The average Bonchev–Trinajstić information content (AvgIpc) is 2.36. The molecule has 4 heteroatoms. The lowest BCUT2D eigenvalue weighted by molar-refractivity contribution is 0.103. The highest BCUT2D eigenvalue weighted by Gasteiger charge is 2.15. The van der Waals surface area contributed by atoms with Crippen LogP contribution in [0.5, 0.6) is 0 Å². The SMILES string of the molecule is Cc1cc(C(=O)c2ccc(Cl)c(C)c2)c(Cl)cc1F. The van der Waals surface area contributed by atoms with E-state index in [4.69, 9.17) is 23.2 Å². The summed E-state index contributed by atoms with van der Waals surface area (Å²) in [5.41, 5.74) is 1.97. The van der Waals surface area contributed by atoms with Crippen LogP contribution in [-0.2, 0) is 0 Å². The third-order valence-corrected chi connectivity index (χ3v) is 3.65. The van der Waals surface area contributed by atoms with Gasteiger partial charge in [0.1, 0.15) is 5.82 Å². The molecule has 0 atom stereocenters. The number of benzene rings is 2. The van der Waals surface area contributed by atoms with E-state index >= 15 is 0 Å². The Kier molecular flexibility index (Phi) is 3.93. The summed E-state index contributed by atoms with van der Waals surface area (Å²) in [6, 6.07) is 7.61. The number of rotatable bonds is 2. The lowest BCUT2D eigenvalue weighted by Gasteiger charge is -2.07. The van der Waals surface area contributed by atoms with Gasteiger partial charge in [0.15, 0.2) is 5.78 Å². The van der Waals surface area contributed by atoms with E-state index in [1.807, 2.05) is 6.92 Å². The predicted octanol–water partition coefficient (Wildman–Crippen LogP) is 4.98. The summed E-state index contributed by atoms with van der Waals surface area (Å²) in [5, 5.41) is 0.707. The molecule has 0 aromatic heterocycles. The summed E-state index contributed by atoms with van der Waals surface area (Å²) in [6.07, 6.45) is 0. The molecule has 0 aliphatic rings. The van der Waals surface area contributed by atoms with Gasteiger partial charge in [-0.2, -0.15) is 0 Å². The van der Waals surface area contributed by atoms with Crippen molar-refractivity contribution in [3.8, 4) is 0 Å². The Morgan fingerprint density at radius 2 is 1.68 bits per heavy atom. The first-order chi connectivity index (χ1) is 8.90. The maximum absolute atomic E-state index is 13.3. The van der Waals surface area contributed by atoms with Crippen molar-refractivity contribution < 1.29 is 9.18 Å². The number of hydrogen-bond donors (Lipinski definition) is 0. The van der Waals surface area contributed by atoms with Gasteiger partial charge < -0.3 is 0 Å². The highest BCUT2D eigenvalue weighted by atomic mass is 35.5. The van der Waals surface area contributed by atoms with E-state index in [0.717, 1.165) is 11.6 Å². The van der Waals surface area contributed by atoms with Crippen LogP contribution in [-0.4, -0.2) is 5.78 Å². The van der Waals surface area contributed by atoms with Gasteiger partial charge in [-0.15, -0.1) is 0 Å². The largest absolute Gasteiger partial charge is 0.289 e. The number of aryl methyl sites for hydroxylation is 2. The van der Waals surface area contributed by atoms with Crippen molar-refractivity contribution in [2.45, 2.75) is 13.8 Å². The first-order valence-electron chi connectivity index (χ1n) is 5.66. The van der Waals surface area contributed by atoms with Gasteiger partial charge in [0.25, 0.3) is 0 Å². The van der Waals surface area contributed by atoms with Gasteiger partial charge in [0, 0.05) is 16.1 Å². The molecule has 1 nitrogen and oxygen atoms in total. The summed E-state index contributed by atoms with van der Waals surface area (Å²) in [6.45, 7) is 3.41. The first kappa shape index (κ1) is 14.0. The van der Waals surface area contributed by atoms with E-state index in [-0.39, 0.29) is 10.8 Å². The van der Waals surface area contributed by atoms with E-state index in [1.165, 1.54) is 6.07 Å². The monoisotopic (exact) mass is 296 g/mol. The Hall–Kier alpha value is -1.38. The molecule has 0 N–H and O–H groups in total. The molecular weight excluding hydrogens is 286 g/mol. The number of carbonyl (C=O) groups excluding carboxylic acids is 1. The zero-order chi connectivity index (χ0) is 14.2. The Morgan fingerprint density at radius 1 is 1.00 bits per heavy atom. The van der Waals surface area contributed by atoms with Crippen LogP contribution >= 0.6 is 23.2 Å². The van der Waals surface area contributed by atoms with Gasteiger partial charge in [-0.1, -0.05) is 23.2 Å². The number of carbonyl (C=O) groups is 1. The van der Waals surface area contributed by atoms with Crippen LogP contribution in [0.3, 0.4) is 0 Å². The smallest absolute Gasteiger partial charge is 0.194 e. The second-order valence-corrected chi connectivity index (χ2v) is 5.19. The number of hydrogen-bond acceptors (Lipinski definition) is 1. The van der Waals surface area contributed by atoms with Crippen molar-refractivity contribution in [3.05, 3.63) is 68.4 Å². The second-order valence-electron chi connectivity index (χ2n) is 4.37. The zero-order valence-electron chi connectivity index (χ0n) is 10.4. The van der Waals surface area contributed by atoms with E-state index in [0.29, 0.717) is 21.7 Å². The van der Waals surface area contributed by atoms with Crippen molar-refractivity contribution in [2.24, 2.45) is 0 Å². The van der Waals surface area contributed by atoms with Crippen molar-refractivity contribution in [1.29, 1.82) is 0 Å². The molecule has 0 amide bonds. The Morgan fingerprint density at radius 3 is 2.32 bits per heavy atom. The van der Waals surface area contributed by atoms with Crippen LogP contribution in [0.4, 0.5) is 4.39 Å². The third kappa shape index (κ3) is 2.80. The first-order valence-corrected chi connectivity index (χ1v) is 6.42. The molecule has 0 fully saturated rings. The molecule has 0 heterocycles. The maximum atomic E-state index is 13.3. The predicted molar refractivity (Wildman–Crippen MR) is 75.8 cm³/mol. The summed E-state index contributed by atoms with van der Waals surface area (Å²) < 4.78 is 13.3. The minimum absolute atomic E-state index is 0.112. The molecule has 19 heavy (non-hydrogen) atoms. The molecule has 0 radical (unpaired) electrons. The third-order valence-electron chi connectivity index (χ3n) is 2.91. The van der Waals surface area contributed by atoms with Gasteiger partial charge in [-0.25, -0.2) is 4.39 Å². The molecule has 0 unspecified atom stereocenters. The molecule has 2 rings (SSSR count). The highest BCUT2D eigenvalue weighted by Crippen LogP contribution is 2.25. The lowest BCUT2D eigenvalue weighted by atomic mass is 10.00. The molecule has 0 saturated carbocycles. The van der Waals surface area contributed by atoms with Crippen LogP contribution in [0.15, 0.2) is 30.3 Å². The molecule has 2 aromatic carbocycles. The minimum Gasteiger partial charge on any atom is -0.289 e. The molecule has 98 valence electrons. The molecule has 2 aromatic rings. The van der Waals surface area contributed by atoms with E-state index in [2.05, 4.69) is 0 Å². The molecule has 0 aliphatic carbocycles. The van der Waals surface area contributed by atoms with Crippen molar-refractivity contribution in [1.82, 2.24) is 0 Å². The van der Waals surface area contributed by atoms with Crippen molar-refractivity contribution >= 4 is 29.0 Å². The van der Waals surface area contributed by atoms with Crippen LogP contribution in [0.1, 0.15) is 27.0 Å². The van der Waals surface area contributed by atoms with E-state index in [1.54, 1.807) is 25.1 Å². The van der Waals surface area contributed by atoms with Gasteiger partial charge in [0.05, 0.1) is 5.02 Å². The van der Waals surface area contributed by atoms with E-state index < -0.39 is 5.82 Å². The van der Waals surface area contributed by atoms with Crippen LogP contribution in [0.2, 0.25) is 10.0 Å². The fourth-order valence-corrected chi connectivity index (χ4v) is 2.13. The number of halogens is 3. The Labute approximate surface area is 121 Å². The molecule has 0 saturated heterocycles. The average molecular weight is 297 g/mol. The quantitative estimate of drug-likeness (QED) is 0.714. The fourth-order valence-electron chi connectivity index (χ4n) is 1.77. The minimum atomic E-state index is -0.422. The summed E-state index contributed by atoms with van der Waals surface area (Å²) in [5.74, 6) is -0.665. The standard InChI is InChI=1S/C15H11Cl2FO/c1-8-5-10(3-4-12(8)16)15(19)11-6-9(2)14(18)7-13(11)17/h3-7H,1-2H3. The van der Waals surface area contributed by atoms with Gasteiger partial charge in [-0.05, 0) is 55.3 Å². The van der Waals surface area contributed by atoms with Gasteiger partial charge in [-0.3, -0.25) is 4.79 Å². The van der Waals surface area contributed by atoms with Crippen molar-refractivity contribution in [3.63, 3.8) is 0 Å². The molecule has 0 spiro atoms. The maximum Gasteiger partial charge on any atom is 0.194 e. The van der Waals surface area contributed by atoms with Gasteiger partial charge >= 0.3 is 0 Å². The molecular formula is C15H11Cl2FO. The van der Waals surface area contributed by atoms with Crippen molar-refractivity contribution in [2.75, 3.05) is 0 Å². The second kappa shape index (κ2) is 5.32. The summed E-state index contributed by atoms with van der Waals surface area (Å²) in [4.78, 5) is 12.3. The van der Waals surface area contributed by atoms with Crippen LogP contribution in [0.25, 0.3) is 0 Å². The summed E-state index contributed by atoms with van der Waals surface area (Å²) in [7, 11) is 0.